The Morgan fingerprint density at radius 3 is 2.50 bits per heavy atom. The van der Waals surface area contributed by atoms with Gasteiger partial charge in [-0.15, -0.1) is 0 Å². The van der Waals surface area contributed by atoms with Crippen molar-refractivity contribution in [2.45, 2.75) is 13.5 Å². The van der Waals surface area contributed by atoms with E-state index in [1.54, 1.807) is 49.6 Å². The maximum Gasteiger partial charge on any atom is 0.338 e. The van der Waals surface area contributed by atoms with E-state index in [4.69, 9.17) is 4.74 Å². The van der Waals surface area contributed by atoms with Gasteiger partial charge in [-0.05, 0) is 48.9 Å². The lowest BCUT2D eigenvalue weighted by Crippen LogP contribution is -2.15. The average Bonchev–Trinajstić information content (AvgIpc) is 2.74. The smallest absolute Gasteiger partial charge is 0.338 e. The third-order valence-electron chi connectivity index (χ3n) is 3.78. The Bertz CT molecular complexity index is 946. The van der Waals surface area contributed by atoms with E-state index >= 15 is 0 Å². The van der Waals surface area contributed by atoms with E-state index in [0.717, 1.165) is 5.56 Å². The van der Waals surface area contributed by atoms with Gasteiger partial charge in [0.15, 0.2) is 0 Å². The van der Waals surface area contributed by atoms with Crippen LogP contribution in [-0.2, 0) is 11.3 Å². The molecule has 0 aliphatic heterocycles. The summed E-state index contributed by atoms with van der Waals surface area (Å²) in [6.07, 6.45) is 4.75. The average molecular weight is 377 g/mol. The van der Waals surface area contributed by atoms with Crippen LogP contribution in [0.3, 0.4) is 0 Å². The topological polar surface area (TPSA) is 106 Å². The molecule has 0 atom stereocenters. The van der Waals surface area contributed by atoms with Gasteiger partial charge in [0.25, 0.3) is 5.91 Å². The van der Waals surface area contributed by atoms with Gasteiger partial charge in [-0.3, -0.25) is 9.78 Å². The second-order valence-electron chi connectivity index (χ2n) is 5.75. The van der Waals surface area contributed by atoms with Gasteiger partial charge in [0, 0.05) is 30.7 Å². The Morgan fingerprint density at radius 2 is 1.79 bits per heavy atom. The summed E-state index contributed by atoms with van der Waals surface area (Å²) >= 11 is 0. The number of esters is 1. The van der Waals surface area contributed by atoms with Crippen LogP contribution < -0.4 is 10.6 Å². The zero-order valence-electron chi connectivity index (χ0n) is 15.3. The number of hydrogen-bond donors (Lipinski definition) is 2. The van der Waals surface area contributed by atoms with Gasteiger partial charge in [-0.25, -0.2) is 14.8 Å². The molecule has 0 fully saturated rings. The SMILES string of the molecule is CCOC(=O)c1ccc(NC(=O)c2cc(NCc3ccncc3)ncn2)cc1. The van der Waals surface area contributed by atoms with Gasteiger partial charge in [0.1, 0.15) is 17.8 Å². The fourth-order valence-corrected chi connectivity index (χ4v) is 2.37. The molecule has 2 N–H and O–H groups in total. The van der Waals surface area contributed by atoms with Gasteiger partial charge in [0.05, 0.1) is 12.2 Å². The van der Waals surface area contributed by atoms with E-state index in [0.29, 0.717) is 30.2 Å². The predicted molar refractivity (Wildman–Crippen MR) is 104 cm³/mol. The molecule has 2 heterocycles. The molecule has 0 spiro atoms. The quantitative estimate of drug-likeness (QED) is 0.610. The molecule has 3 rings (SSSR count). The number of carbonyl (C=O) groups excluding carboxylic acids is 2. The Morgan fingerprint density at radius 1 is 1.04 bits per heavy atom. The molecule has 2 aromatic heterocycles. The monoisotopic (exact) mass is 377 g/mol. The molecule has 0 aliphatic rings. The molecule has 0 bridgehead atoms. The maximum atomic E-state index is 12.4. The molecule has 0 unspecified atom stereocenters. The Labute approximate surface area is 162 Å². The van der Waals surface area contributed by atoms with Crippen molar-refractivity contribution in [1.29, 1.82) is 0 Å². The highest BCUT2D eigenvalue weighted by Crippen LogP contribution is 2.13. The first-order valence-electron chi connectivity index (χ1n) is 8.69. The fourth-order valence-electron chi connectivity index (χ4n) is 2.37. The summed E-state index contributed by atoms with van der Waals surface area (Å²) in [5.74, 6) is -0.242. The highest BCUT2D eigenvalue weighted by atomic mass is 16.5. The molecule has 1 aromatic carbocycles. The number of carbonyl (C=O) groups is 2. The van der Waals surface area contributed by atoms with Crippen LogP contribution in [0.1, 0.15) is 33.3 Å². The standard InChI is InChI=1S/C20H19N5O3/c1-2-28-20(27)15-3-5-16(6-4-15)25-19(26)17-11-18(24-13-23-17)22-12-14-7-9-21-10-8-14/h3-11,13H,2,12H2,1H3,(H,25,26)(H,22,23,24). The fraction of sp³-hybridized carbons (Fsp3) is 0.150. The zero-order valence-corrected chi connectivity index (χ0v) is 15.3. The summed E-state index contributed by atoms with van der Waals surface area (Å²) < 4.78 is 4.93. The Hall–Kier alpha value is -3.81. The summed E-state index contributed by atoms with van der Waals surface area (Å²) in [6, 6.07) is 11.8. The summed E-state index contributed by atoms with van der Waals surface area (Å²) in [5.41, 5.74) is 2.23. The van der Waals surface area contributed by atoms with Crippen molar-refractivity contribution < 1.29 is 14.3 Å². The van der Waals surface area contributed by atoms with Crippen LogP contribution in [0.5, 0.6) is 0 Å². The van der Waals surface area contributed by atoms with E-state index < -0.39 is 5.97 Å². The summed E-state index contributed by atoms with van der Waals surface area (Å²) in [4.78, 5) is 36.2. The van der Waals surface area contributed by atoms with Gasteiger partial charge < -0.3 is 15.4 Å². The second kappa shape index (κ2) is 9.22. The summed E-state index contributed by atoms with van der Waals surface area (Å²) in [7, 11) is 0. The maximum absolute atomic E-state index is 12.4. The van der Waals surface area contributed by atoms with Crippen LogP contribution in [-0.4, -0.2) is 33.4 Å². The normalized spacial score (nSPS) is 10.2. The molecule has 28 heavy (non-hydrogen) atoms. The van der Waals surface area contributed by atoms with Crippen molar-refractivity contribution >= 4 is 23.4 Å². The van der Waals surface area contributed by atoms with Crippen molar-refractivity contribution in [1.82, 2.24) is 15.0 Å². The van der Waals surface area contributed by atoms with Crippen LogP contribution in [0.25, 0.3) is 0 Å². The number of pyridine rings is 1. The molecule has 0 saturated carbocycles. The largest absolute Gasteiger partial charge is 0.462 e. The lowest BCUT2D eigenvalue weighted by Gasteiger charge is -2.08. The number of aromatic nitrogens is 3. The van der Waals surface area contributed by atoms with Crippen molar-refractivity contribution in [2.24, 2.45) is 0 Å². The molecular formula is C20H19N5O3. The third-order valence-corrected chi connectivity index (χ3v) is 3.78. The van der Waals surface area contributed by atoms with E-state index in [2.05, 4.69) is 25.6 Å². The number of rotatable bonds is 7. The second-order valence-corrected chi connectivity index (χ2v) is 5.75. The number of benzene rings is 1. The van der Waals surface area contributed by atoms with Gasteiger partial charge in [0.2, 0.25) is 0 Å². The first kappa shape index (κ1) is 19.0. The number of amides is 1. The van der Waals surface area contributed by atoms with Crippen LogP contribution in [0.15, 0.2) is 61.2 Å². The Kier molecular flexibility index (Phi) is 6.25. The van der Waals surface area contributed by atoms with Gasteiger partial charge >= 0.3 is 5.97 Å². The molecule has 8 nitrogen and oxygen atoms in total. The third kappa shape index (κ3) is 5.10. The lowest BCUT2D eigenvalue weighted by atomic mass is 10.2. The predicted octanol–water partition coefficient (Wildman–Crippen LogP) is 2.91. The number of hydrogen-bond acceptors (Lipinski definition) is 7. The summed E-state index contributed by atoms with van der Waals surface area (Å²) in [5, 5.41) is 5.88. The minimum absolute atomic E-state index is 0.224. The van der Waals surface area contributed by atoms with Gasteiger partial charge in [-0.1, -0.05) is 0 Å². The highest BCUT2D eigenvalue weighted by molar-refractivity contribution is 6.03. The minimum atomic E-state index is -0.402. The van der Waals surface area contributed by atoms with Gasteiger partial charge in [-0.2, -0.15) is 0 Å². The molecule has 142 valence electrons. The minimum Gasteiger partial charge on any atom is -0.462 e. The van der Waals surface area contributed by atoms with E-state index in [1.807, 2.05) is 12.1 Å². The molecule has 0 aliphatic carbocycles. The number of anilines is 2. The summed E-state index contributed by atoms with van der Waals surface area (Å²) in [6.45, 7) is 2.60. The van der Waals surface area contributed by atoms with Crippen molar-refractivity contribution in [3.05, 3.63) is 78.0 Å². The Balaban J connectivity index is 1.62. The molecular weight excluding hydrogens is 358 g/mol. The molecule has 3 aromatic rings. The van der Waals surface area contributed by atoms with Crippen LogP contribution in [0.4, 0.5) is 11.5 Å². The van der Waals surface area contributed by atoms with Crippen LogP contribution >= 0.6 is 0 Å². The number of ether oxygens (including phenoxy) is 1. The first-order chi connectivity index (χ1) is 13.7. The lowest BCUT2D eigenvalue weighted by molar-refractivity contribution is 0.0526. The number of nitrogens with zero attached hydrogens (tertiary/aromatic N) is 3. The molecule has 0 radical (unpaired) electrons. The van der Waals surface area contributed by atoms with E-state index in [1.165, 1.54) is 6.33 Å². The van der Waals surface area contributed by atoms with Crippen molar-refractivity contribution in [3.8, 4) is 0 Å². The van der Waals surface area contributed by atoms with E-state index in [-0.39, 0.29) is 11.6 Å². The first-order valence-corrected chi connectivity index (χ1v) is 8.69. The van der Waals surface area contributed by atoms with Crippen molar-refractivity contribution in [2.75, 3.05) is 17.2 Å². The van der Waals surface area contributed by atoms with Crippen LogP contribution in [0.2, 0.25) is 0 Å². The number of nitrogens with one attached hydrogen (secondary N) is 2. The van der Waals surface area contributed by atoms with Crippen LogP contribution in [0, 0.1) is 0 Å². The highest BCUT2D eigenvalue weighted by Gasteiger charge is 2.11. The molecule has 1 amide bonds. The van der Waals surface area contributed by atoms with Crippen molar-refractivity contribution in [3.63, 3.8) is 0 Å². The zero-order chi connectivity index (χ0) is 19.8. The molecule has 8 heteroatoms. The van der Waals surface area contributed by atoms with E-state index in [9.17, 15) is 9.59 Å². The molecule has 0 saturated heterocycles.